The van der Waals surface area contributed by atoms with E-state index in [9.17, 15) is 4.79 Å². The van der Waals surface area contributed by atoms with Crippen LogP contribution in [0.5, 0.6) is 0 Å². The number of hydrogen-bond donors (Lipinski definition) is 0. The van der Waals surface area contributed by atoms with E-state index in [4.69, 9.17) is 9.05 Å². The van der Waals surface area contributed by atoms with Crippen LogP contribution in [0.1, 0.15) is 66.4 Å². The zero-order valence-corrected chi connectivity index (χ0v) is 12.5. The minimum atomic E-state index is -0.109. The van der Waals surface area contributed by atoms with Crippen LogP contribution in [0.4, 0.5) is 0 Å². The molecule has 21 heavy (non-hydrogen) atoms. The minimum Gasteiger partial charge on any atom is -0.360 e. The van der Waals surface area contributed by atoms with E-state index in [-0.39, 0.29) is 17.9 Å². The Morgan fingerprint density at radius 1 is 1.33 bits per heavy atom. The number of likely N-dealkylation sites (tertiary alicyclic amines) is 1. The fourth-order valence-corrected chi connectivity index (χ4v) is 2.66. The molecule has 0 radical (unpaired) electrons. The van der Waals surface area contributed by atoms with E-state index in [2.05, 4.69) is 10.3 Å². The van der Waals surface area contributed by atoms with Crippen LogP contribution in [0.15, 0.2) is 21.2 Å². The van der Waals surface area contributed by atoms with Crippen LogP contribution in [0.2, 0.25) is 0 Å². The molecule has 0 bridgehead atoms. The van der Waals surface area contributed by atoms with Crippen LogP contribution < -0.4 is 0 Å². The summed E-state index contributed by atoms with van der Waals surface area (Å²) in [7, 11) is 0. The average molecular weight is 289 g/mol. The topological polar surface area (TPSA) is 72.4 Å². The molecule has 1 atom stereocenters. The average Bonchev–Trinajstić information content (AvgIpc) is 3.17. The summed E-state index contributed by atoms with van der Waals surface area (Å²) >= 11 is 0. The highest BCUT2D eigenvalue weighted by Crippen LogP contribution is 2.33. The van der Waals surface area contributed by atoms with Gasteiger partial charge in [-0.2, -0.15) is 0 Å². The summed E-state index contributed by atoms with van der Waals surface area (Å²) in [5.74, 6) is 1.57. The third-order valence-electron chi connectivity index (χ3n) is 3.80. The molecule has 6 heteroatoms. The van der Waals surface area contributed by atoms with Gasteiger partial charge in [-0.05, 0) is 19.8 Å². The maximum Gasteiger partial charge on any atom is 0.276 e. The van der Waals surface area contributed by atoms with Gasteiger partial charge in [-0.3, -0.25) is 4.79 Å². The summed E-state index contributed by atoms with van der Waals surface area (Å²) < 4.78 is 10.5. The highest BCUT2D eigenvalue weighted by molar-refractivity contribution is 5.92. The van der Waals surface area contributed by atoms with Gasteiger partial charge in [-0.25, -0.2) is 0 Å². The molecule has 1 fully saturated rings. The largest absolute Gasteiger partial charge is 0.360 e. The third kappa shape index (κ3) is 2.57. The second kappa shape index (κ2) is 5.35. The second-order valence-corrected chi connectivity index (χ2v) is 5.80. The highest BCUT2D eigenvalue weighted by atomic mass is 16.5. The standard InChI is InChI=1S/C15H19N3O3/c1-9(2)13-8-11(17-20-13)15(19)18-6-4-5-12(18)14-7-10(3)16-21-14/h7-9,12H,4-6H2,1-3H3/t12-/m0/s1. The summed E-state index contributed by atoms with van der Waals surface area (Å²) in [5.41, 5.74) is 1.19. The molecule has 0 N–H and O–H groups in total. The number of carbonyl (C=O) groups excluding carboxylic acids is 1. The zero-order chi connectivity index (χ0) is 15.0. The first-order valence-corrected chi connectivity index (χ1v) is 7.27. The van der Waals surface area contributed by atoms with Gasteiger partial charge in [-0.15, -0.1) is 0 Å². The molecule has 1 aliphatic rings. The van der Waals surface area contributed by atoms with Gasteiger partial charge in [0.2, 0.25) is 0 Å². The van der Waals surface area contributed by atoms with E-state index in [0.717, 1.165) is 30.1 Å². The Morgan fingerprint density at radius 3 is 2.76 bits per heavy atom. The van der Waals surface area contributed by atoms with Gasteiger partial charge in [0.15, 0.2) is 11.5 Å². The molecule has 1 amide bonds. The smallest absolute Gasteiger partial charge is 0.276 e. The molecule has 0 spiro atoms. The van der Waals surface area contributed by atoms with Gasteiger partial charge in [0.05, 0.1) is 11.7 Å². The van der Waals surface area contributed by atoms with Gasteiger partial charge in [0, 0.05) is 24.6 Å². The van der Waals surface area contributed by atoms with Crippen LogP contribution in [0.25, 0.3) is 0 Å². The molecular formula is C15H19N3O3. The normalized spacial score (nSPS) is 18.7. The van der Waals surface area contributed by atoms with Gasteiger partial charge in [0.25, 0.3) is 5.91 Å². The number of aromatic nitrogens is 2. The predicted octanol–water partition coefficient (Wildman–Crippen LogP) is 3.07. The Hall–Kier alpha value is -2.11. The number of rotatable bonds is 3. The van der Waals surface area contributed by atoms with Crippen molar-refractivity contribution < 1.29 is 13.8 Å². The van der Waals surface area contributed by atoms with Crippen LogP contribution >= 0.6 is 0 Å². The van der Waals surface area contributed by atoms with Crippen LogP contribution in [0, 0.1) is 6.92 Å². The van der Waals surface area contributed by atoms with Crippen molar-refractivity contribution in [2.75, 3.05) is 6.54 Å². The SMILES string of the molecule is Cc1cc([C@@H]2CCCN2C(=O)c2cc(C(C)C)on2)on1. The summed E-state index contributed by atoms with van der Waals surface area (Å²) in [6.07, 6.45) is 1.83. The summed E-state index contributed by atoms with van der Waals surface area (Å²) in [4.78, 5) is 14.4. The van der Waals surface area contributed by atoms with E-state index in [1.165, 1.54) is 0 Å². The summed E-state index contributed by atoms with van der Waals surface area (Å²) in [6.45, 7) is 6.59. The monoisotopic (exact) mass is 289 g/mol. The Balaban J connectivity index is 1.82. The van der Waals surface area contributed by atoms with E-state index in [0.29, 0.717) is 12.2 Å². The number of aryl methyl sites for hydroxylation is 1. The molecule has 1 aliphatic heterocycles. The second-order valence-electron chi connectivity index (χ2n) is 5.80. The molecule has 2 aromatic rings. The molecular weight excluding hydrogens is 270 g/mol. The van der Waals surface area contributed by atoms with Crippen molar-refractivity contribution in [2.24, 2.45) is 0 Å². The first kappa shape index (κ1) is 13.9. The van der Waals surface area contributed by atoms with Crippen molar-refractivity contribution in [3.8, 4) is 0 Å². The minimum absolute atomic E-state index is 0.0575. The molecule has 6 nitrogen and oxygen atoms in total. The van der Waals surface area contributed by atoms with Gasteiger partial charge in [0.1, 0.15) is 5.76 Å². The molecule has 0 saturated carbocycles. The number of carbonyl (C=O) groups is 1. The lowest BCUT2D eigenvalue weighted by atomic mass is 10.1. The van der Waals surface area contributed by atoms with Crippen LogP contribution in [-0.2, 0) is 0 Å². The zero-order valence-electron chi connectivity index (χ0n) is 12.5. The van der Waals surface area contributed by atoms with Crippen LogP contribution in [-0.4, -0.2) is 27.7 Å². The Morgan fingerprint density at radius 2 is 2.14 bits per heavy atom. The Kier molecular flexibility index (Phi) is 3.53. The quantitative estimate of drug-likeness (QED) is 0.868. The van der Waals surface area contributed by atoms with Crippen LogP contribution in [0.3, 0.4) is 0 Å². The maximum absolute atomic E-state index is 12.6. The molecule has 1 saturated heterocycles. The molecule has 112 valence electrons. The highest BCUT2D eigenvalue weighted by Gasteiger charge is 2.34. The van der Waals surface area contributed by atoms with Gasteiger partial charge < -0.3 is 13.9 Å². The van der Waals surface area contributed by atoms with E-state index >= 15 is 0 Å². The van der Waals surface area contributed by atoms with Crippen molar-refractivity contribution in [1.82, 2.24) is 15.2 Å². The van der Waals surface area contributed by atoms with Crippen molar-refractivity contribution in [1.29, 1.82) is 0 Å². The first-order valence-electron chi connectivity index (χ1n) is 7.27. The molecule has 0 unspecified atom stereocenters. The van der Waals surface area contributed by atoms with Crippen molar-refractivity contribution >= 4 is 5.91 Å². The molecule has 2 aromatic heterocycles. The number of nitrogens with zero attached hydrogens (tertiary/aromatic N) is 3. The molecule has 3 rings (SSSR count). The van der Waals surface area contributed by atoms with E-state index < -0.39 is 0 Å². The van der Waals surface area contributed by atoms with Crippen molar-refractivity contribution in [2.45, 2.75) is 45.6 Å². The fraction of sp³-hybridized carbons (Fsp3) is 0.533. The summed E-state index contributed by atoms with van der Waals surface area (Å²) in [5, 5.41) is 7.81. The maximum atomic E-state index is 12.6. The fourth-order valence-electron chi connectivity index (χ4n) is 2.66. The Labute approximate surface area is 123 Å². The van der Waals surface area contributed by atoms with Crippen molar-refractivity contribution in [3.05, 3.63) is 35.0 Å². The lowest BCUT2D eigenvalue weighted by molar-refractivity contribution is 0.0704. The Bertz CT molecular complexity index is 644. The predicted molar refractivity (Wildman–Crippen MR) is 74.8 cm³/mol. The molecule has 3 heterocycles. The number of amides is 1. The van der Waals surface area contributed by atoms with Gasteiger partial charge >= 0.3 is 0 Å². The lowest BCUT2D eigenvalue weighted by Crippen LogP contribution is -2.30. The van der Waals surface area contributed by atoms with E-state index in [1.54, 1.807) is 11.0 Å². The van der Waals surface area contributed by atoms with Crippen molar-refractivity contribution in [3.63, 3.8) is 0 Å². The summed E-state index contributed by atoms with van der Waals surface area (Å²) in [6, 6.07) is 3.56. The first-order chi connectivity index (χ1) is 10.1. The number of hydrogen-bond acceptors (Lipinski definition) is 5. The third-order valence-corrected chi connectivity index (χ3v) is 3.80. The van der Waals surface area contributed by atoms with E-state index in [1.807, 2.05) is 26.8 Å². The van der Waals surface area contributed by atoms with Gasteiger partial charge in [-0.1, -0.05) is 24.2 Å². The molecule has 0 aliphatic carbocycles. The lowest BCUT2D eigenvalue weighted by Gasteiger charge is -2.21. The molecule has 0 aromatic carbocycles.